The molecule has 5 rings (SSSR count). The molecule has 10 heteroatoms. The van der Waals surface area contributed by atoms with Gasteiger partial charge >= 0.3 is 15.6 Å². The second kappa shape index (κ2) is 13.9. The lowest BCUT2D eigenvalue weighted by molar-refractivity contribution is 0.288. The van der Waals surface area contributed by atoms with Gasteiger partial charge in [0.1, 0.15) is 28.7 Å². The first-order valence-corrected chi connectivity index (χ1v) is 18.4. The molecule has 0 amide bonds. The average molecular weight is 687 g/mol. The summed E-state index contributed by atoms with van der Waals surface area (Å²) in [7, 11) is -9.29. The number of hydrogen-bond acceptors (Lipinski definition) is 7. The number of hydrogen-bond donors (Lipinski definition) is 1. The topological polar surface area (TPSA) is 101 Å². The van der Waals surface area contributed by atoms with Crippen molar-refractivity contribution in [3.8, 4) is 39.9 Å². The highest BCUT2D eigenvalue weighted by atomic mass is 31.2. The monoisotopic (exact) mass is 686 g/mol. The van der Waals surface area contributed by atoms with Crippen LogP contribution in [0.1, 0.15) is 44.5 Å². The first-order chi connectivity index (χ1) is 22.7. The Hall–Kier alpha value is -4.48. The zero-order valence-corrected chi connectivity index (χ0v) is 30.1. The molecular weight excluding hydrogens is 646 g/mol. The van der Waals surface area contributed by atoms with Gasteiger partial charge in [0.05, 0.1) is 5.56 Å². The fraction of sp³-hybridized carbons (Fsp3) is 0.211. The summed E-state index contributed by atoms with van der Waals surface area (Å²) in [6, 6.07) is 26.9. The molecule has 5 aromatic carbocycles. The molecule has 0 aliphatic rings. The van der Waals surface area contributed by atoms with E-state index in [1.165, 1.54) is 6.07 Å². The van der Waals surface area contributed by atoms with Crippen LogP contribution >= 0.6 is 15.6 Å². The Morgan fingerprint density at radius 3 is 1.10 bits per heavy atom. The molecule has 0 aliphatic carbocycles. The van der Waals surface area contributed by atoms with E-state index in [1.54, 1.807) is 38.1 Å². The van der Waals surface area contributed by atoms with E-state index in [-0.39, 0.29) is 22.8 Å². The van der Waals surface area contributed by atoms with Crippen LogP contribution in [0, 0.1) is 55.4 Å². The van der Waals surface area contributed by atoms with Gasteiger partial charge in [0.2, 0.25) is 0 Å². The van der Waals surface area contributed by atoms with Crippen molar-refractivity contribution in [2.45, 2.75) is 55.4 Å². The molecule has 5 aromatic rings. The minimum atomic E-state index is -4.76. The molecule has 0 saturated heterocycles. The lowest BCUT2D eigenvalue weighted by atomic mass is 9.94. The van der Waals surface area contributed by atoms with Crippen molar-refractivity contribution in [3.05, 3.63) is 136 Å². The van der Waals surface area contributed by atoms with Crippen molar-refractivity contribution in [2.75, 3.05) is 0 Å². The maximum absolute atomic E-state index is 15.0. The molecule has 0 radical (unpaired) electrons. The van der Waals surface area contributed by atoms with Crippen molar-refractivity contribution in [3.63, 3.8) is 0 Å². The van der Waals surface area contributed by atoms with Gasteiger partial charge in [-0.25, -0.2) is 4.57 Å². The van der Waals surface area contributed by atoms with Gasteiger partial charge in [-0.05, 0) is 118 Å². The molecule has 1 N–H and O–H groups in total. The van der Waals surface area contributed by atoms with Crippen LogP contribution in [0.3, 0.4) is 0 Å². The molecule has 1 unspecified atom stereocenters. The van der Waals surface area contributed by atoms with E-state index in [9.17, 15) is 14.0 Å². The van der Waals surface area contributed by atoms with Crippen LogP contribution in [-0.4, -0.2) is 4.89 Å². The Labute approximate surface area is 282 Å². The molecule has 8 nitrogen and oxygen atoms in total. The van der Waals surface area contributed by atoms with Crippen molar-refractivity contribution < 1.29 is 36.6 Å². The van der Waals surface area contributed by atoms with E-state index >= 15 is 0 Å². The van der Waals surface area contributed by atoms with Gasteiger partial charge in [-0.2, -0.15) is 4.57 Å². The van der Waals surface area contributed by atoms with Crippen LogP contribution in [0.4, 0.5) is 0 Å². The first-order valence-electron chi connectivity index (χ1n) is 15.5. The number of para-hydroxylation sites is 3. The maximum Gasteiger partial charge on any atom is 0.647 e. The quantitative estimate of drug-likeness (QED) is 0.137. The molecule has 0 aliphatic heterocycles. The third kappa shape index (κ3) is 7.63. The number of rotatable bonds is 11. The van der Waals surface area contributed by atoms with Gasteiger partial charge in [0.15, 0.2) is 0 Å². The minimum absolute atomic E-state index is 0.0207. The van der Waals surface area contributed by atoms with Gasteiger partial charge in [0, 0.05) is 0 Å². The van der Waals surface area contributed by atoms with Gasteiger partial charge in [-0.1, -0.05) is 78.9 Å². The van der Waals surface area contributed by atoms with Crippen molar-refractivity contribution >= 4 is 15.6 Å². The molecule has 48 heavy (non-hydrogen) atoms. The summed E-state index contributed by atoms with van der Waals surface area (Å²) in [6.07, 6.45) is 0. The average Bonchev–Trinajstić information content (AvgIpc) is 3.00. The Morgan fingerprint density at radius 1 is 0.396 bits per heavy atom. The molecule has 0 aromatic heterocycles. The Balaban J connectivity index is 1.67. The summed E-state index contributed by atoms with van der Waals surface area (Å²) < 4.78 is 58.8. The van der Waals surface area contributed by atoms with E-state index < -0.39 is 15.6 Å². The Bertz CT molecular complexity index is 1950. The van der Waals surface area contributed by atoms with Crippen LogP contribution in [0.25, 0.3) is 11.1 Å². The minimum Gasteiger partial charge on any atom is -0.395 e. The molecule has 0 fully saturated rings. The van der Waals surface area contributed by atoms with E-state index in [4.69, 9.17) is 22.6 Å². The third-order valence-electron chi connectivity index (χ3n) is 7.98. The van der Waals surface area contributed by atoms with Gasteiger partial charge in [-0.3, -0.25) is 4.89 Å². The molecule has 0 saturated carbocycles. The summed E-state index contributed by atoms with van der Waals surface area (Å²) in [5.41, 5.74) is 6.87. The standard InChI is InChI=1S/C38H40O8P2/c1-24-14-9-15-25(2)34(24)35-32(42-47(39,40)44-36-26(3)16-10-17-27(36)4)22-13-23-33(35)43-48(41,45-37-28(5)18-11-19-29(37)6)46-38-30(7)20-12-21-31(38)8/h9-23H,1-8H3,(H,39,40). The highest BCUT2D eigenvalue weighted by Crippen LogP contribution is 2.57. The van der Waals surface area contributed by atoms with E-state index in [2.05, 4.69) is 0 Å². The van der Waals surface area contributed by atoms with Crippen LogP contribution < -0.4 is 22.6 Å². The van der Waals surface area contributed by atoms with Crippen LogP contribution in [0.15, 0.2) is 91.0 Å². The normalized spacial score (nSPS) is 12.6. The largest absolute Gasteiger partial charge is 0.647 e. The number of aryl methyl sites for hydroxylation is 8. The summed E-state index contributed by atoms with van der Waals surface area (Å²) in [6.45, 7) is 14.7. The molecule has 0 bridgehead atoms. The van der Waals surface area contributed by atoms with Gasteiger partial charge in [0.25, 0.3) is 0 Å². The first kappa shape index (κ1) is 34.8. The van der Waals surface area contributed by atoms with E-state index in [1.807, 2.05) is 102 Å². The molecule has 250 valence electrons. The van der Waals surface area contributed by atoms with Crippen LogP contribution in [0.5, 0.6) is 28.7 Å². The summed E-state index contributed by atoms with van der Waals surface area (Å²) in [4.78, 5) is 11.1. The fourth-order valence-electron chi connectivity index (χ4n) is 5.61. The van der Waals surface area contributed by atoms with Gasteiger partial charge < -0.3 is 22.6 Å². The molecular formula is C38H40O8P2. The SMILES string of the molecule is Cc1cccc(C)c1OP(=O)(O)Oc1cccc(OP(=O)(Oc2c(C)cccc2C)Oc2c(C)cccc2C)c1-c1c(C)cccc1C. The number of phosphoric ester groups is 2. The summed E-state index contributed by atoms with van der Waals surface area (Å²) in [5, 5.41) is 0. The Kier molecular flexibility index (Phi) is 10.1. The zero-order valence-electron chi connectivity index (χ0n) is 28.4. The molecule has 1 atom stereocenters. The smallest absolute Gasteiger partial charge is 0.395 e. The highest BCUT2D eigenvalue weighted by molar-refractivity contribution is 7.49. The second-order valence-electron chi connectivity index (χ2n) is 11.9. The van der Waals surface area contributed by atoms with Crippen molar-refractivity contribution in [1.82, 2.24) is 0 Å². The predicted molar refractivity (Wildman–Crippen MR) is 190 cm³/mol. The molecule has 0 heterocycles. The predicted octanol–water partition coefficient (Wildman–Crippen LogP) is 11.0. The number of phosphoric acid groups is 2. The van der Waals surface area contributed by atoms with E-state index in [0.717, 1.165) is 33.4 Å². The Morgan fingerprint density at radius 2 is 0.708 bits per heavy atom. The molecule has 0 spiro atoms. The second-order valence-corrected chi connectivity index (χ2v) is 14.7. The summed E-state index contributed by atoms with van der Waals surface area (Å²) >= 11 is 0. The third-order valence-corrected chi connectivity index (χ3v) is 10.1. The van der Waals surface area contributed by atoms with Crippen molar-refractivity contribution in [2.24, 2.45) is 0 Å². The maximum atomic E-state index is 15.0. The fourth-order valence-corrected chi connectivity index (χ4v) is 8.09. The lowest BCUT2D eigenvalue weighted by Crippen LogP contribution is -2.11. The lowest BCUT2D eigenvalue weighted by Gasteiger charge is -2.25. The van der Waals surface area contributed by atoms with Crippen LogP contribution in [-0.2, 0) is 9.13 Å². The van der Waals surface area contributed by atoms with Crippen LogP contribution in [0.2, 0.25) is 0 Å². The van der Waals surface area contributed by atoms with E-state index in [0.29, 0.717) is 28.2 Å². The summed E-state index contributed by atoms with van der Waals surface area (Å²) in [5.74, 6) is 0.994. The van der Waals surface area contributed by atoms with Crippen molar-refractivity contribution in [1.29, 1.82) is 0 Å². The highest BCUT2D eigenvalue weighted by Gasteiger charge is 2.38. The number of benzene rings is 5. The van der Waals surface area contributed by atoms with Gasteiger partial charge in [-0.15, -0.1) is 0 Å². The zero-order chi connectivity index (χ0) is 34.8.